The van der Waals surface area contributed by atoms with Crippen LogP contribution in [-0.4, -0.2) is 27.8 Å². The molecule has 0 aliphatic heterocycles. The lowest BCUT2D eigenvalue weighted by molar-refractivity contribution is -0.127. The van der Waals surface area contributed by atoms with E-state index in [1.54, 1.807) is 31.2 Å². The maximum absolute atomic E-state index is 12.3. The number of hydrogen-bond donors (Lipinski definition) is 0. The van der Waals surface area contributed by atoms with Crippen molar-refractivity contribution < 1.29 is 14.3 Å². The van der Waals surface area contributed by atoms with Crippen LogP contribution in [0.4, 0.5) is 0 Å². The molecule has 0 saturated carbocycles. The van der Waals surface area contributed by atoms with Crippen molar-refractivity contribution >= 4 is 11.8 Å². The minimum Gasteiger partial charge on any atom is -0.451 e. The Morgan fingerprint density at radius 3 is 2.17 bits per heavy atom. The summed E-state index contributed by atoms with van der Waals surface area (Å²) in [5.74, 6) is 0.103. The molecule has 0 spiro atoms. The number of aromatic nitrogens is 2. The topological polar surface area (TPSA) is 69.2 Å². The van der Waals surface area contributed by atoms with Gasteiger partial charge >= 0.3 is 5.97 Å². The standard InChI is InChI=1S/C25H34N2O3/c1-4-6-8-9-10-11-20-17-26-24(27-18-20)21-13-15-22(16-14-21)25(29)30-19(3)23(28)12-7-5-2/h13-19H,4-12H2,1-3H3. The highest BCUT2D eigenvalue weighted by atomic mass is 16.5. The zero-order chi connectivity index (χ0) is 21.8. The number of benzene rings is 1. The Hall–Kier alpha value is -2.56. The van der Waals surface area contributed by atoms with Crippen LogP contribution in [-0.2, 0) is 16.0 Å². The number of unbranched alkanes of at least 4 members (excludes halogenated alkanes) is 5. The Balaban J connectivity index is 1.88. The first-order valence-electron chi connectivity index (χ1n) is 11.2. The van der Waals surface area contributed by atoms with Gasteiger partial charge < -0.3 is 4.74 Å². The van der Waals surface area contributed by atoms with Gasteiger partial charge in [0.15, 0.2) is 17.7 Å². The predicted molar refractivity (Wildman–Crippen MR) is 119 cm³/mol. The van der Waals surface area contributed by atoms with Gasteiger partial charge in [-0.2, -0.15) is 0 Å². The minimum atomic E-state index is -0.721. The summed E-state index contributed by atoms with van der Waals surface area (Å²) >= 11 is 0. The highest BCUT2D eigenvalue weighted by Gasteiger charge is 2.18. The Labute approximate surface area is 180 Å². The molecular formula is C25H34N2O3. The quantitative estimate of drug-likeness (QED) is 0.301. The van der Waals surface area contributed by atoms with E-state index >= 15 is 0 Å². The second-order valence-electron chi connectivity index (χ2n) is 7.77. The Bertz CT molecular complexity index is 785. The van der Waals surface area contributed by atoms with Crippen LogP contribution in [0, 0.1) is 0 Å². The molecule has 0 fully saturated rings. The van der Waals surface area contributed by atoms with Crippen molar-refractivity contribution in [1.29, 1.82) is 0 Å². The highest BCUT2D eigenvalue weighted by Crippen LogP contribution is 2.17. The zero-order valence-corrected chi connectivity index (χ0v) is 18.5. The van der Waals surface area contributed by atoms with Gasteiger partial charge in [-0.05, 0) is 43.9 Å². The first-order valence-corrected chi connectivity index (χ1v) is 11.2. The third-order valence-corrected chi connectivity index (χ3v) is 5.17. The average molecular weight is 411 g/mol. The van der Waals surface area contributed by atoms with Crippen molar-refractivity contribution in [2.75, 3.05) is 0 Å². The maximum Gasteiger partial charge on any atom is 0.338 e. The van der Waals surface area contributed by atoms with E-state index < -0.39 is 12.1 Å². The molecule has 1 heterocycles. The van der Waals surface area contributed by atoms with E-state index in [0.717, 1.165) is 30.4 Å². The summed E-state index contributed by atoms with van der Waals surface area (Å²) < 4.78 is 5.30. The largest absolute Gasteiger partial charge is 0.451 e. The lowest BCUT2D eigenvalue weighted by Crippen LogP contribution is -2.24. The summed E-state index contributed by atoms with van der Waals surface area (Å²) in [5, 5.41) is 0. The minimum absolute atomic E-state index is 0.0410. The molecule has 30 heavy (non-hydrogen) atoms. The van der Waals surface area contributed by atoms with Gasteiger partial charge in [-0.3, -0.25) is 4.79 Å². The number of aryl methyl sites for hydroxylation is 1. The number of carbonyl (C=O) groups is 2. The van der Waals surface area contributed by atoms with Gasteiger partial charge in [-0.1, -0.05) is 58.1 Å². The van der Waals surface area contributed by atoms with Crippen LogP contribution in [0.2, 0.25) is 0 Å². The predicted octanol–water partition coefficient (Wildman–Crippen LogP) is 5.96. The van der Waals surface area contributed by atoms with Gasteiger partial charge in [-0.15, -0.1) is 0 Å². The molecule has 0 saturated heterocycles. The molecule has 5 heteroatoms. The van der Waals surface area contributed by atoms with Crippen LogP contribution in [0.5, 0.6) is 0 Å². The first kappa shape index (κ1) is 23.7. The average Bonchev–Trinajstić information content (AvgIpc) is 2.77. The number of hydrogen-bond acceptors (Lipinski definition) is 5. The van der Waals surface area contributed by atoms with Crippen LogP contribution >= 0.6 is 0 Å². The molecule has 1 aromatic carbocycles. The van der Waals surface area contributed by atoms with Gasteiger partial charge in [0.2, 0.25) is 0 Å². The fourth-order valence-electron chi connectivity index (χ4n) is 3.17. The van der Waals surface area contributed by atoms with Crippen molar-refractivity contribution in [3.8, 4) is 11.4 Å². The van der Waals surface area contributed by atoms with Crippen LogP contribution in [0.15, 0.2) is 36.7 Å². The lowest BCUT2D eigenvalue weighted by Gasteiger charge is -2.12. The molecule has 1 unspecified atom stereocenters. The van der Waals surface area contributed by atoms with Crippen LogP contribution in [0.3, 0.4) is 0 Å². The number of rotatable bonds is 13. The van der Waals surface area contributed by atoms with Crippen molar-refractivity contribution in [1.82, 2.24) is 9.97 Å². The molecule has 0 bridgehead atoms. The summed E-state index contributed by atoms with van der Waals surface area (Å²) in [6.45, 7) is 5.87. The van der Waals surface area contributed by atoms with E-state index in [1.807, 2.05) is 19.3 Å². The number of nitrogens with zero attached hydrogens (tertiary/aromatic N) is 2. The number of ether oxygens (including phenoxy) is 1. The molecule has 0 N–H and O–H groups in total. The van der Waals surface area contributed by atoms with Crippen molar-refractivity contribution in [3.05, 3.63) is 47.8 Å². The molecule has 1 aromatic heterocycles. The fraction of sp³-hybridized carbons (Fsp3) is 0.520. The van der Waals surface area contributed by atoms with E-state index in [0.29, 0.717) is 17.8 Å². The molecule has 2 aromatic rings. The summed E-state index contributed by atoms with van der Waals surface area (Å²) in [5.41, 5.74) is 2.41. The third kappa shape index (κ3) is 7.69. The second-order valence-corrected chi connectivity index (χ2v) is 7.77. The molecule has 1 atom stereocenters. The van der Waals surface area contributed by atoms with E-state index in [2.05, 4.69) is 16.9 Å². The lowest BCUT2D eigenvalue weighted by atomic mass is 10.1. The first-order chi connectivity index (χ1) is 14.5. The van der Waals surface area contributed by atoms with E-state index in [4.69, 9.17) is 4.74 Å². The molecule has 0 aliphatic rings. The highest BCUT2D eigenvalue weighted by molar-refractivity contribution is 5.93. The zero-order valence-electron chi connectivity index (χ0n) is 18.5. The maximum atomic E-state index is 12.3. The number of Topliss-reactive ketones (excluding diaryl/α,β-unsaturated/α-hetero) is 1. The fourth-order valence-corrected chi connectivity index (χ4v) is 3.17. The van der Waals surface area contributed by atoms with Gasteiger partial charge in [0.1, 0.15) is 0 Å². The van der Waals surface area contributed by atoms with Crippen molar-refractivity contribution in [2.45, 2.75) is 84.7 Å². The SMILES string of the molecule is CCCCCCCc1cnc(-c2ccc(C(=O)OC(C)C(=O)CCCC)cc2)nc1. The second kappa shape index (κ2) is 12.9. The summed E-state index contributed by atoms with van der Waals surface area (Å²) in [4.78, 5) is 33.2. The van der Waals surface area contributed by atoms with Crippen LogP contribution in [0.25, 0.3) is 11.4 Å². The van der Waals surface area contributed by atoms with Gasteiger partial charge in [0.05, 0.1) is 5.56 Å². The summed E-state index contributed by atoms with van der Waals surface area (Å²) in [7, 11) is 0. The molecule has 5 nitrogen and oxygen atoms in total. The van der Waals surface area contributed by atoms with Gasteiger partial charge in [0.25, 0.3) is 0 Å². The Kier molecular flexibility index (Phi) is 10.2. The number of ketones is 1. The van der Waals surface area contributed by atoms with Crippen LogP contribution in [0.1, 0.15) is 88.1 Å². The molecular weight excluding hydrogens is 376 g/mol. The van der Waals surface area contributed by atoms with Crippen molar-refractivity contribution in [2.24, 2.45) is 0 Å². The molecule has 162 valence electrons. The molecule has 0 radical (unpaired) electrons. The van der Waals surface area contributed by atoms with E-state index in [1.165, 1.54) is 32.1 Å². The van der Waals surface area contributed by atoms with E-state index in [-0.39, 0.29) is 5.78 Å². The molecule has 0 aliphatic carbocycles. The number of esters is 1. The van der Waals surface area contributed by atoms with Gasteiger partial charge in [0, 0.05) is 24.4 Å². The summed E-state index contributed by atoms with van der Waals surface area (Å²) in [6, 6.07) is 6.98. The third-order valence-electron chi connectivity index (χ3n) is 5.17. The Morgan fingerprint density at radius 1 is 0.900 bits per heavy atom. The van der Waals surface area contributed by atoms with E-state index in [9.17, 15) is 9.59 Å². The molecule has 2 rings (SSSR count). The number of carbonyl (C=O) groups excluding carboxylic acids is 2. The Morgan fingerprint density at radius 2 is 1.53 bits per heavy atom. The summed E-state index contributed by atoms with van der Waals surface area (Å²) in [6.07, 6.45) is 12.5. The van der Waals surface area contributed by atoms with Crippen molar-refractivity contribution in [3.63, 3.8) is 0 Å². The van der Waals surface area contributed by atoms with Gasteiger partial charge in [-0.25, -0.2) is 14.8 Å². The monoisotopic (exact) mass is 410 g/mol. The molecule has 0 amide bonds. The van der Waals surface area contributed by atoms with Crippen LogP contribution < -0.4 is 0 Å². The smallest absolute Gasteiger partial charge is 0.338 e. The normalized spacial score (nSPS) is 11.8.